The van der Waals surface area contributed by atoms with Crippen LogP contribution in [0.3, 0.4) is 0 Å². The molecular weight excluding hydrogens is 152 g/mol. The minimum atomic E-state index is -0.308. The van der Waals surface area contributed by atoms with Gasteiger partial charge in [0.25, 0.3) is 0 Å². The topological polar surface area (TPSA) is 26.3 Å². The molecule has 0 aromatic rings. The van der Waals surface area contributed by atoms with Gasteiger partial charge in [-0.15, -0.1) is 0 Å². The van der Waals surface area contributed by atoms with Crippen LogP contribution in [0.5, 0.6) is 0 Å². The number of carbonyl (C=O) groups is 1. The van der Waals surface area contributed by atoms with E-state index in [1.807, 2.05) is 13.8 Å². The normalized spacial score (nSPS) is 13.7. The number of methoxy groups -OCH3 is 1. The van der Waals surface area contributed by atoms with E-state index in [0.717, 1.165) is 0 Å². The number of hydrogen-bond acceptors (Lipinski definition) is 2. The third-order valence-electron chi connectivity index (χ3n) is 1.44. The van der Waals surface area contributed by atoms with Crippen LogP contribution in [-0.2, 0) is 9.53 Å². The molecule has 0 heterocycles. The quantitative estimate of drug-likeness (QED) is 0.591. The van der Waals surface area contributed by atoms with Crippen molar-refractivity contribution in [3.63, 3.8) is 0 Å². The summed E-state index contributed by atoms with van der Waals surface area (Å²) in [7, 11) is 1.56. The van der Waals surface area contributed by atoms with Crippen molar-refractivity contribution in [1.29, 1.82) is 0 Å². The predicted octanol–water partition coefficient (Wildman–Crippen LogP) is 1.67. The second kappa shape index (κ2) is 4.69. The van der Waals surface area contributed by atoms with Crippen molar-refractivity contribution in [3.8, 4) is 0 Å². The number of carbonyl (C=O) groups excluding carboxylic acids is 1. The van der Waals surface area contributed by atoms with Gasteiger partial charge in [-0.2, -0.15) is 0 Å². The van der Waals surface area contributed by atoms with Gasteiger partial charge in [0.2, 0.25) is 5.24 Å². The van der Waals surface area contributed by atoms with Crippen LogP contribution in [0.2, 0.25) is 0 Å². The van der Waals surface area contributed by atoms with E-state index in [-0.39, 0.29) is 17.1 Å². The van der Waals surface area contributed by atoms with Gasteiger partial charge in [-0.25, -0.2) is 0 Å². The smallest absolute Gasteiger partial charge is 0.227 e. The Kier molecular flexibility index (Phi) is 4.65. The summed E-state index contributed by atoms with van der Waals surface area (Å²) in [5.74, 6) is 0.0941. The number of hydrogen-bond donors (Lipinski definition) is 0. The lowest BCUT2D eigenvalue weighted by Crippen LogP contribution is -2.20. The third kappa shape index (κ3) is 3.18. The van der Waals surface area contributed by atoms with Crippen molar-refractivity contribution in [2.45, 2.75) is 13.8 Å². The van der Waals surface area contributed by atoms with Crippen molar-refractivity contribution < 1.29 is 9.53 Å². The van der Waals surface area contributed by atoms with E-state index in [4.69, 9.17) is 16.3 Å². The van der Waals surface area contributed by atoms with Gasteiger partial charge in [-0.3, -0.25) is 4.79 Å². The molecule has 0 aromatic carbocycles. The predicted molar refractivity (Wildman–Crippen MR) is 41.1 cm³/mol. The van der Waals surface area contributed by atoms with Crippen LogP contribution in [0.4, 0.5) is 0 Å². The van der Waals surface area contributed by atoms with Gasteiger partial charge in [-0.1, -0.05) is 13.8 Å². The molecule has 0 amide bonds. The maximum atomic E-state index is 10.7. The van der Waals surface area contributed by atoms with Crippen LogP contribution in [0.15, 0.2) is 0 Å². The SMILES string of the molecule is COCC(C(=O)Cl)C(C)C. The van der Waals surface area contributed by atoms with Crippen LogP contribution < -0.4 is 0 Å². The van der Waals surface area contributed by atoms with Gasteiger partial charge in [0.05, 0.1) is 12.5 Å². The largest absolute Gasteiger partial charge is 0.384 e. The van der Waals surface area contributed by atoms with E-state index < -0.39 is 0 Å². The summed E-state index contributed by atoms with van der Waals surface area (Å²) >= 11 is 5.30. The second-order valence-corrected chi connectivity index (χ2v) is 2.98. The monoisotopic (exact) mass is 164 g/mol. The molecule has 0 fully saturated rings. The molecule has 0 rings (SSSR count). The Hall–Kier alpha value is -0.0800. The van der Waals surface area contributed by atoms with Crippen molar-refractivity contribution in [2.24, 2.45) is 11.8 Å². The standard InChI is InChI=1S/C7H13ClO2/c1-5(2)6(4-10-3)7(8)9/h5-6H,4H2,1-3H3. The summed E-state index contributed by atoms with van der Waals surface area (Å²) < 4.78 is 4.82. The molecule has 0 bridgehead atoms. The molecule has 0 N–H and O–H groups in total. The van der Waals surface area contributed by atoms with Crippen molar-refractivity contribution >= 4 is 16.8 Å². The molecular formula is C7H13ClO2. The van der Waals surface area contributed by atoms with Gasteiger partial charge in [0.15, 0.2) is 0 Å². The fourth-order valence-electron chi connectivity index (χ4n) is 0.700. The first-order valence-electron chi connectivity index (χ1n) is 3.27. The number of rotatable bonds is 4. The Balaban J connectivity index is 3.85. The van der Waals surface area contributed by atoms with E-state index >= 15 is 0 Å². The molecule has 10 heavy (non-hydrogen) atoms. The Morgan fingerprint density at radius 3 is 2.20 bits per heavy atom. The van der Waals surface area contributed by atoms with Crippen molar-refractivity contribution in [3.05, 3.63) is 0 Å². The molecule has 60 valence electrons. The van der Waals surface area contributed by atoms with Gasteiger partial charge >= 0.3 is 0 Å². The van der Waals surface area contributed by atoms with E-state index in [9.17, 15) is 4.79 Å². The minimum absolute atomic E-state index is 0.160. The highest BCUT2D eigenvalue weighted by atomic mass is 35.5. The number of ether oxygens (including phenoxy) is 1. The number of halogens is 1. The van der Waals surface area contributed by atoms with E-state index in [0.29, 0.717) is 6.61 Å². The Bertz CT molecular complexity index is 112. The van der Waals surface area contributed by atoms with Gasteiger partial charge in [0.1, 0.15) is 0 Å². The fourth-order valence-corrected chi connectivity index (χ4v) is 1.01. The first-order chi connectivity index (χ1) is 4.59. The minimum Gasteiger partial charge on any atom is -0.384 e. The summed E-state index contributed by atoms with van der Waals surface area (Å²) in [6.07, 6.45) is 0. The van der Waals surface area contributed by atoms with Crippen molar-refractivity contribution in [1.82, 2.24) is 0 Å². The molecule has 0 aliphatic heterocycles. The summed E-state index contributed by atoms with van der Waals surface area (Å²) in [5, 5.41) is -0.308. The molecule has 0 saturated heterocycles. The first-order valence-corrected chi connectivity index (χ1v) is 3.65. The summed E-state index contributed by atoms with van der Waals surface area (Å²) in [6, 6.07) is 0. The van der Waals surface area contributed by atoms with Crippen LogP contribution in [-0.4, -0.2) is 19.0 Å². The summed E-state index contributed by atoms with van der Waals surface area (Å²) in [5.41, 5.74) is 0. The zero-order valence-corrected chi connectivity index (χ0v) is 7.31. The maximum Gasteiger partial charge on any atom is 0.227 e. The Labute approximate surface area is 66.5 Å². The van der Waals surface area contributed by atoms with Crippen LogP contribution in [0.25, 0.3) is 0 Å². The molecule has 0 spiro atoms. The van der Waals surface area contributed by atoms with Gasteiger partial charge in [0, 0.05) is 7.11 Å². The van der Waals surface area contributed by atoms with Crippen LogP contribution >= 0.6 is 11.6 Å². The van der Waals surface area contributed by atoms with Gasteiger partial charge < -0.3 is 4.74 Å². The van der Waals surface area contributed by atoms with Crippen LogP contribution in [0, 0.1) is 11.8 Å². The molecule has 1 atom stereocenters. The zero-order chi connectivity index (χ0) is 8.15. The molecule has 0 aliphatic rings. The lowest BCUT2D eigenvalue weighted by atomic mass is 9.98. The maximum absolute atomic E-state index is 10.7. The second-order valence-electron chi connectivity index (χ2n) is 2.61. The molecule has 0 aromatic heterocycles. The van der Waals surface area contributed by atoms with Crippen molar-refractivity contribution in [2.75, 3.05) is 13.7 Å². The summed E-state index contributed by atoms with van der Waals surface area (Å²) in [6.45, 7) is 4.31. The molecule has 0 radical (unpaired) electrons. The van der Waals surface area contributed by atoms with E-state index in [2.05, 4.69) is 0 Å². The average molecular weight is 165 g/mol. The van der Waals surface area contributed by atoms with E-state index in [1.54, 1.807) is 7.11 Å². The van der Waals surface area contributed by atoms with Crippen LogP contribution in [0.1, 0.15) is 13.8 Å². The lowest BCUT2D eigenvalue weighted by molar-refractivity contribution is -0.118. The Morgan fingerprint density at radius 1 is 1.60 bits per heavy atom. The van der Waals surface area contributed by atoms with E-state index in [1.165, 1.54) is 0 Å². The molecule has 0 saturated carbocycles. The first kappa shape index (κ1) is 9.92. The fraction of sp³-hybridized carbons (Fsp3) is 0.857. The Morgan fingerprint density at radius 2 is 2.10 bits per heavy atom. The van der Waals surface area contributed by atoms with Gasteiger partial charge in [-0.05, 0) is 17.5 Å². The molecule has 2 nitrogen and oxygen atoms in total. The zero-order valence-electron chi connectivity index (χ0n) is 6.56. The highest BCUT2D eigenvalue weighted by molar-refractivity contribution is 6.64. The molecule has 1 unspecified atom stereocenters. The highest BCUT2D eigenvalue weighted by Gasteiger charge is 2.19. The highest BCUT2D eigenvalue weighted by Crippen LogP contribution is 2.13. The molecule has 3 heteroatoms. The average Bonchev–Trinajstić information content (AvgIpc) is 1.81. The lowest BCUT2D eigenvalue weighted by Gasteiger charge is -2.14. The third-order valence-corrected chi connectivity index (χ3v) is 1.72. The molecule has 0 aliphatic carbocycles. The summed E-state index contributed by atoms with van der Waals surface area (Å²) in [4.78, 5) is 10.7.